The third-order valence-corrected chi connectivity index (χ3v) is 6.14. The van der Waals surface area contributed by atoms with E-state index in [0.717, 1.165) is 12.8 Å². The summed E-state index contributed by atoms with van der Waals surface area (Å²) in [6.45, 7) is 2.45. The fourth-order valence-corrected chi connectivity index (χ4v) is 4.35. The number of ketones is 1. The van der Waals surface area contributed by atoms with Crippen LogP contribution >= 0.6 is 0 Å². The van der Waals surface area contributed by atoms with Crippen molar-refractivity contribution in [2.45, 2.75) is 24.7 Å². The Hall–Kier alpha value is -2.51. The van der Waals surface area contributed by atoms with E-state index in [4.69, 9.17) is 4.74 Å². The average molecular weight is 373 g/mol. The molecule has 0 spiro atoms. The Balaban J connectivity index is 1.79. The van der Waals surface area contributed by atoms with Gasteiger partial charge in [-0.05, 0) is 62.2 Å². The van der Waals surface area contributed by atoms with Gasteiger partial charge in [0.2, 0.25) is 10.0 Å². The van der Waals surface area contributed by atoms with E-state index in [9.17, 15) is 18.0 Å². The number of hydrogen-bond acceptors (Lipinski definition) is 5. The lowest BCUT2D eigenvalue weighted by Crippen LogP contribution is -2.28. The Kier molecular flexibility index (Phi) is 5.20. The predicted molar refractivity (Wildman–Crippen MR) is 95.8 cm³/mol. The van der Waals surface area contributed by atoms with Crippen molar-refractivity contribution >= 4 is 21.8 Å². The van der Waals surface area contributed by atoms with E-state index in [1.807, 2.05) is 0 Å². The first-order valence-electron chi connectivity index (χ1n) is 8.31. The van der Waals surface area contributed by atoms with E-state index in [-0.39, 0.29) is 22.0 Å². The second-order valence-electron chi connectivity index (χ2n) is 6.11. The van der Waals surface area contributed by atoms with Gasteiger partial charge in [0.1, 0.15) is 5.75 Å². The maximum absolute atomic E-state index is 12.6. The summed E-state index contributed by atoms with van der Waals surface area (Å²) in [6, 6.07) is 12.0. The molecular weight excluding hydrogens is 354 g/mol. The van der Waals surface area contributed by atoms with Crippen LogP contribution in [0.5, 0.6) is 5.75 Å². The highest BCUT2D eigenvalue weighted by Gasteiger charge is 2.27. The molecule has 0 radical (unpaired) electrons. The molecule has 26 heavy (non-hydrogen) atoms. The normalized spacial score (nSPS) is 15.0. The van der Waals surface area contributed by atoms with Gasteiger partial charge in [-0.25, -0.2) is 13.2 Å². The summed E-state index contributed by atoms with van der Waals surface area (Å²) in [6.07, 6.45) is 1.69. The lowest BCUT2D eigenvalue weighted by molar-refractivity contribution is 0.0734. The molecule has 0 aromatic heterocycles. The Bertz CT molecular complexity index is 929. The first-order chi connectivity index (χ1) is 12.4. The maximum atomic E-state index is 12.6. The van der Waals surface area contributed by atoms with Gasteiger partial charge in [-0.2, -0.15) is 4.31 Å². The van der Waals surface area contributed by atoms with Gasteiger partial charge in [-0.1, -0.05) is 6.07 Å². The standard InChI is InChI=1S/C19H19NO5S/c1-14(21)15-7-9-17(10-8-15)25-19(22)16-5-4-6-18(13-16)26(23,24)20-11-2-3-12-20/h4-10,13H,2-3,11-12H2,1H3. The minimum atomic E-state index is -3.59. The van der Waals surface area contributed by atoms with E-state index in [0.29, 0.717) is 18.7 Å². The highest BCUT2D eigenvalue weighted by atomic mass is 32.2. The molecule has 6 nitrogen and oxygen atoms in total. The molecule has 1 saturated heterocycles. The van der Waals surface area contributed by atoms with Crippen LogP contribution in [0.25, 0.3) is 0 Å². The molecule has 136 valence electrons. The van der Waals surface area contributed by atoms with Crippen molar-refractivity contribution in [2.24, 2.45) is 0 Å². The number of carbonyl (C=O) groups excluding carboxylic acids is 2. The van der Waals surface area contributed by atoms with Gasteiger partial charge < -0.3 is 4.74 Å². The summed E-state index contributed by atoms with van der Waals surface area (Å²) < 4.78 is 31.9. The van der Waals surface area contributed by atoms with Crippen LogP contribution in [0.3, 0.4) is 0 Å². The molecule has 0 unspecified atom stereocenters. The highest BCUT2D eigenvalue weighted by molar-refractivity contribution is 7.89. The zero-order chi connectivity index (χ0) is 18.7. The maximum Gasteiger partial charge on any atom is 0.343 e. The van der Waals surface area contributed by atoms with Crippen LogP contribution in [0.1, 0.15) is 40.5 Å². The minimum Gasteiger partial charge on any atom is -0.423 e. The fourth-order valence-electron chi connectivity index (χ4n) is 2.78. The number of hydrogen-bond donors (Lipinski definition) is 0. The second kappa shape index (κ2) is 7.39. The highest BCUT2D eigenvalue weighted by Crippen LogP contribution is 2.22. The molecule has 1 fully saturated rings. The lowest BCUT2D eigenvalue weighted by atomic mass is 10.1. The third-order valence-electron chi connectivity index (χ3n) is 4.24. The summed E-state index contributed by atoms with van der Waals surface area (Å²) >= 11 is 0. The minimum absolute atomic E-state index is 0.0808. The molecule has 0 saturated carbocycles. The molecule has 1 aliphatic rings. The Morgan fingerprint density at radius 1 is 0.962 bits per heavy atom. The van der Waals surface area contributed by atoms with Crippen LogP contribution in [0, 0.1) is 0 Å². The summed E-state index contributed by atoms with van der Waals surface area (Å²) in [4.78, 5) is 23.7. The van der Waals surface area contributed by atoms with Gasteiger partial charge in [-0.3, -0.25) is 4.79 Å². The zero-order valence-electron chi connectivity index (χ0n) is 14.3. The monoisotopic (exact) mass is 373 g/mol. The van der Waals surface area contributed by atoms with E-state index >= 15 is 0 Å². The molecule has 2 aromatic rings. The van der Waals surface area contributed by atoms with Crippen LogP contribution in [0.4, 0.5) is 0 Å². The van der Waals surface area contributed by atoms with Crippen LogP contribution in [-0.4, -0.2) is 37.6 Å². The van der Waals surface area contributed by atoms with Gasteiger partial charge in [0.05, 0.1) is 10.5 Å². The largest absolute Gasteiger partial charge is 0.423 e. The number of rotatable bonds is 5. The van der Waals surface area contributed by atoms with E-state index in [1.165, 1.54) is 47.6 Å². The van der Waals surface area contributed by atoms with Crippen molar-refractivity contribution in [1.82, 2.24) is 4.31 Å². The molecule has 0 N–H and O–H groups in total. The molecule has 1 heterocycles. The fraction of sp³-hybridized carbons (Fsp3) is 0.263. The van der Waals surface area contributed by atoms with Crippen molar-refractivity contribution in [3.8, 4) is 5.75 Å². The molecule has 1 aliphatic heterocycles. The SMILES string of the molecule is CC(=O)c1ccc(OC(=O)c2cccc(S(=O)(=O)N3CCCC3)c2)cc1. The van der Waals surface area contributed by atoms with Crippen molar-refractivity contribution in [3.05, 3.63) is 59.7 Å². The van der Waals surface area contributed by atoms with Gasteiger partial charge in [0.25, 0.3) is 0 Å². The predicted octanol–water partition coefficient (Wildman–Crippen LogP) is 2.89. The van der Waals surface area contributed by atoms with Crippen molar-refractivity contribution < 1.29 is 22.7 Å². The molecule has 0 aliphatic carbocycles. The van der Waals surface area contributed by atoms with E-state index in [2.05, 4.69) is 0 Å². The average Bonchev–Trinajstić information content (AvgIpc) is 3.18. The molecule has 3 rings (SSSR count). The van der Waals surface area contributed by atoms with Gasteiger partial charge >= 0.3 is 5.97 Å². The molecular formula is C19H19NO5S. The van der Waals surface area contributed by atoms with Crippen LogP contribution < -0.4 is 4.74 Å². The van der Waals surface area contributed by atoms with E-state index in [1.54, 1.807) is 12.1 Å². The topological polar surface area (TPSA) is 80.8 Å². The Morgan fingerprint density at radius 2 is 1.62 bits per heavy atom. The zero-order valence-corrected chi connectivity index (χ0v) is 15.2. The molecule has 2 aromatic carbocycles. The number of sulfonamides is 1. The van der Waals surface area contributed by atoms with Gasteiger partial charge in [0.15, 0.2) is 5.78 Å². The number of esters is 1. The smallest absolute Gasteiger partial charge is 0.343 e. The lowest BCUT2D eigenvalue weighted by Gasteiger charge is -2.15. The number of benzene rings is 2. The Morgan fingerprint density at radius 3 is 2.23 bits per heavy atom. The number of nitrogens with zero attached hydrogens (tertiary/aromatic N) is 1. The molecule has 0 bridgehead atoms. The first-order valence-corrected chi connectivity index (χ1v) is 9.75. The van der Waals surface area contributed by atoms with Crippen LogP contribution in [0.2, 0.25) is 0 Å². The molecule has 0 amide bonds. The van der Waals surface area contributed by atoms with Crippen molar-refractivity contribution in [1.29, 1.82) is 0 Å². The first kappa shape index (κ1) is 18.3. The van der Waals surface area contributed by atoms with Crippen LogP contribution in [-0.2, 0) is 10.0 Å². The molecule has 7 heteroatoms. The van der Waals surface area contributed by atoms with Crippen LogP contribution in [0.15, 0.2) is 53.4 Å². The quantitative estimate of drug-likeness (QED) is 0.457. The number of ether oxygens (including phenoxy) is 1. The van der Waals surface area contributed by atoms with Gasteiger partial charge in [0, 0.05) is 18.7 Å². The number of Topliss-reactive ketones (excluding diaryl/α,β-unsaturated/α-hetero) is 1. The van der Waals surface area contributed by atoms with Crippen molar-refractivity contribution in [3.63, 3.8) is 0 Å². The third kappa shape index (κ3) is 3.84. The second-order valence-corrected chi connectivity index (χ2v) is 8.05. The summed E-state index contributed by atoms with van der Waals surface area (Å²) in [5, 5.41) is 0. The summed E-state index contributed by atoms with van der Waals surface area (Å²) in [7, 11) is -3.59. The molecule has 0 atom stereocenters. The van der Waals surface area contributed by atoms with E-state index < -0.39 is 16.0 Å². The van der Waals surface area contributed by atoms with Gasteiger partial charge in [-0.15, -0.1) is 0 Å². The van der Waals surface area contributed by atoms with Crippen molar-refractivity contribution in [2.75, 3.05) is 13.1 Å². The summed E-state index contributed by atoms with van der Waals surface area (Å²) in [5.74, 6) is -0.449. The summed E-state index contributed by atoms with van der Waals surface area (Å²) in [5.41, 5.74) is 0.671. The number of carbonyl (C=O) groups is 2. The Labute approximate surface area is 152 Å².